The van der Waals surface area contributed by atoms with Gasteiger partial charge < -0.3 is 26.5 Å². The number of carbonyl (C=O) groups is 2. The van der Waals surface area contributed by atoms with Gasteiger partial charge in [-0.05, 0) is 74.4 Å². The first-order valence-electron chi connectivity index (χ1n) is 12.1. The van der Waals surface area contributed by atoms with E-state index < -0.39 is 5.91 Å². The Balaban J connectivity index is 1.56. The summed E-state index contributed by atoms with van der Waals surface area (Å²) in [5.41, 5.74) is 15.7. The lowest BCUT2D eigenvalue weighted by Crippen LogP contribution is -2.41. The number of rotatable bonds is 8. The fourth-order valence-corrected chi connectivity index (χ4v) is 4.03. The maximum Gasteiger partial charge on any atom is 0.255 e. The smallest absolute Gasteiger partial charge is 0.255 e. The third-order valence-corrected chi connectivity index (χ3v) is 5.87. The predicted octanol–water partition coefficient (Wildman–Crippen LogP) is 3.75. The number of primary amides is 1. The van der Waals surface area contributed by atoms with Crippen molar-refractivity contribution in [2.24, 2.45) is 11.5 Å². The zero-order chi connectivity index (χ0) is 26.4. The van der Waals surface area contributed by atoms with Crippen LogP contribution in [-0.4, -0.2) is 35.5 Å². The van der Waals surface area contributed by atoms with Crippen LogP contribution in [0.15, 0.2) is 72.9 Å². The molecular weight excluding hydrogens is 464 g/mol. The summed E-state index contributed by atoms with van der Waals surface area (Å²) in [6.07, 6.45) is 2.44. The molecule has 1 atom stereocenters. The van der Waals surface area contributed by atoms with E-state index in [1.165, 1.54) is 0 Å². The summed E-state index contributed by atoms with van der Waals surface area (Å²) in [6.45, 7) is 4.10. The van der Waals surface area contributed by atoms with Crippen molar-refractivity contribution in [3.8, 4) is 17.6 Å². The molecule has 37 heavy (non-hydrogen) atoms. The second kappa shape index (κ2) is 11.5. The quantitative estimate of drug-likeness (QED) is 0.279. The second-order valence-electron chi connectivity index (χ2n) is 9.04. The number of para-hydroxylation sites is 1. The maximum atomic E-state index is 13.4. The lowest BCUT2D eigenvalue weighted by molar-refractivity contribution is 0.0931. The predicted molar refractivity (Wildman–Crippen MR) is 145 cm³/mol. The van der Waals surface area contributed by atoms with Crippen LogP contribution in [0.25, 0.3) is 10.9 Å². The Hall–Kier alpha value is -4.54. The van der Waals surface area contributed by atoms with E-state index in [1.807, 2.05) is 44.3 Å². The van der Waals surface area contributed by atoms with Gasteiger partial charge in [-0.25, -0.2) is 0 Å². The van der Waals surface area contributed by atoms with E-state index >= 15 is 0 Å². The van der Waals surface area contributed by atoms with Crippen molar-refractivity contribution in [1.82, 2.24) is 10.3 Å². The van der Waals surface area contributed by atoms with Crippen LogP contribution < -0.4 is 21.5 Å². The average Bonchev–Trinajstić information content (AvgIpc) is 3.30. The molecule has 7 nitrogen and oxygen atoms in total. The van der Waals surface area contributed by atoms with Gasteiger partial charge in [-0.2, -0.15) is 0 Å². The van der Waals surface area contributed by atoms with Crippen molar-refractivity contribution in [3.63, 3.8) is 0 Å². The number of fused-ring (bicyclic) bond motifs is 1. The van der Waals surface area contributed by atoms with Crippen LogP contribution in [0.2, 0.25) is 0 Å². The molecule has 4 rings (SSSR count). The first-order valence-corrected chi connectivity index (χ1v) is 12.1. The van der Waals surface area contributed by atoms with Gasteiger partial charge in [0.2, 0.25) is 5.91 Å². The fourth-order valence-electron chi connectivity index (χ4n) is 4.03. The van der Waals surface area contributed by atoms with Gasteiger partial charge >= 0.3 is 0 Å². The van der Waals surface area contributed by atoms with E-state index in [1.54, 1.807) is 36.4 Å². The summed E-state index contributed by atoms with van der Waals surface area (Å²) in [4.78, 5) is 27.9. The molecule has 1 aromatic heterocycles. The van der Waals surface area contributed by atoms with E-state index in [9.17, 15) is 9.59 Å². The molecular formula is C30H30N4O3. The van der Waals surface area contributed by atoms with Crippen LogP contribution >= 0.6 is 0 Å². The zero-order valence-corrected chi connectivity index (χ0v) is 20.9. The van der Waals surface area contributed by atoms with Crippen LogP contribution in [-0.2, 0) is 6.42 Å². The first-order chi connectivity index (χ1) is 17.8. The second-order valence-corrected chi connectivity index (χ2v) is 9.04. The lowest BCUT2D eigenvalue weighted by atomic mass is 10.0. The molecule has 0 spiro atoms. The highest BCUT2D eigenvalue weighted by molar-refractivity contribution is 5.97. The van der Waals surface area contributed by atoms with Crippen molar-refractivity contribution in [2.75, 3.05) is 6.54 Å². The van der Waals surface area contributed by atoms with Crippen LogP contribution in [0.1, 0.15) is 51.3 Å². The van der Waals surface area contributed by atoms with Crippen molar-refractivity contribution in [3.05, 3.63) is 101 Å². The SMILES string of the molecule is CC(C)Oc1ccc(C#Cc2ccc(C(N)=O)cc2)cc1C(=O)NC(CN)Cc1c[nH]c2ccccc12. The van der Waals surface area contributed by atoms with Gasteiger partial charge in [0.15, 0.2) is 0 Å². The summed E-state index contributed by atoms with van der Waals surface area (Å²) in [6, 6.07) is 19.8. The first kappa shape index (κ1) is 25.5. The number of benzene rings is 3. The summed E-state index contributed by atoms with van der Waals surface area (Å²) in [7, 11) is 0. The summed E-state index contributed by atoms with van der Waals surface area (Å²) in [5, 5.41) is 4.18. The molecule has 0 saturated heterocycles. The Labute approximate surface area is 216 Å². The third-order valence-electron chi connectivity index (χ3n) is 5.87. The Bertz CT molecular complexity index is 1480. The molecule has 0 saturated carbocycles. The monoisotopic (exact) mass is 494 g/mol. The number of hydrogen-bond donors (Lipinski definition) is 4. The Morgan fingerprint density at radius 2 is 1.70 bits per heavy atom. The number of nitrogens with one attached hydrogen (secondary N) is 2. The van der Waals surface area contributed by atoms with E-state index in [0.29, 0.717) is 28.9 Å². The highest BCUT2D eigenvalue weighted by Gasteiger charge is 2.19. The Kier molecular flexibility index (Phi) is 7.92. The maximum absolute atomic E-state index is 13.4. The van der Waals surface area contributed by atoms with Gasteiger partial charge in [-0.1, -0.05) is 30.0 Å². The average molecular weight is 495 g/mol. The standard InChI is InChI=1S/C30H30N4O3/c1-19(2)37-28-14-11-21(8-7-20-9-12-22(13-10-20)29(32)35)15-26(28)30(36)34-24(17-31)16-23-18-33-27-6-4-3-5-25(23)27/h3-6,9-15,18-19,24,33H,16-17,31H2,1-2H3,(H2,32,35)(H,34,36). The molecule has 0 aliphatic carbocycles. The number of hydrogen-bond acceptors (Lipinski definition) is 4. The van der Waals surface area contributed by atoms with Gasteiger partial charge in [-0.3, -0.25) is 9.59 Å². The number of amides is 2. The Morgan fingerprint density at radius 1 is 1.00 bits per heavy atom. The number of H-pyrrole nitrogens is 1. The van der Waals surface area contributed by atoms with Gasteiger partial charge in [0.25, 0.3) is 5.91 Å². The molecule has 3 aromatic carbocycles. The Morgan fingerprint density at radius 3 is 2.41 bits per heavy atom. The number of carbonyl (C=O) groups excluding carboxylic acids is 2. The topological polar surface area (TPSA) is 123 Å². The minimum Gasteiger partial charge on any atom is -0.490 e. The molecule has 4 aromatic rings. The molecule has 1 unspecified atom stereocenters. The van der Waals surface area contributed by atoms with Gasteiger partial charge in [-0.15, -0.1) is 0 Å². The normalized spacial score (nSPS) is 11.6. The minimum atomic E-state index is -0.489. The van der Waals surface area contributed by atoms with E-state index in [0.717, 1.165) is 22.0 Å². The van der Waals surface area contributed by atoms with Gasteiger partial charge in [0.05, 0.1) is 11.7 Å². The molecule has 0 radical (unpaired) electrons. The minimum absolute atomic E-state index is 0.108. The summed E-state index contributed by atoms with van der Waals surface area (Å²) < 4.78 is 5.91. The van der Waals surface area contributed by atoms with Crippen molar-refractivity contribution >= 4 is 22.7 Å². The van der Waals surface area contributed by atoms with Gasteiger partial charge in [0.1, 0.15) is 5.75 Å². The number of nitrogens with two attached hydrogens (primary N) is 2. The molecule has 0 aliphatic heterocycles. The molecule has 188 valence electrons. The lowest BCUT2D eigenvalue weighted by Gasteiger charge is -2.19. The molecule has 6 N–H and O–H groups in total. The van der Waals surface area contributed by atoms with Crippen molar-refractivity contribution in [1.29, 1.82) is 0 Å². The van der Waals surface area contributed by atoms with E-state index in [4.69, 9.17) is 16.2 Å². The molecule has 0 bridgehead atoms. The van der Waals surface area contributed by atoms with Gasteiger partial charge in [0, 0.05) is 46.4 Å². The number of aromatic amines is 1. The highest BCUT2D eigenvalue weighted by Crippen LogP contribution is 2.23. The number of ether oxygens (including phenoxy) is 1. The van der Waals surface area contributed by atoms with E-state index in [2.05, 4.69) is 28.2 Å². The molecule has 0 fully saturated rings. The molecule has 2 amide bonds. The molecule has 1 heterocycles. The third kappa shape index (κ3) is 6.37. The molecule has 7 heteroatoms. The van der Waals surface area contributed by atoms with E-state index in [-0.39, 0.29) is 24.6 Å². The number of aromatic nitrogens is 1. The fraction of sp³-hybridized carbons (Fsp3) is 0.200. The largest absolute Gasteiger partial charge is 0.490 e. The highest BCUT2D eigenvalue weighted by atomic mass is 16.5. The van der Waals surface area contributed by atoms with Crippen LogP contribution in [0, 0.1) is 11.8 Å². The summed E-state index contributed by atoms with van der Waals surface area (Å²) in [5.74, 6) is 5.84. The van der Waals surface area contributed by atoms with Crippen molar-refractivity contribution in [2.45, 2.75) is 32.4 Å². The summed E-state index contributed by atoms with van der Waals surface area (Å²) >= 11 is 0. The zero-order valence-electron chi connectivity index (χ0n) is 20.9. The van der Waals surface area contributed by atoms with Crippen molar-refractivity contribution < 1.29 is 14.3 Å². The van der Waals surface area contributed by atoms with Crippen LogP contribution in [0.4, 0.5) is 0 Å². The van der Waals surface area contributed by atoms with Crippen LogP contribution in [0.5, 0.6) is 5.75 Å². The van der Waals surface area contributed by atoms with Crippen LogP contribution in [0.3, 0.4) is 0 Å². The molecule has 0 aliphatic rings.